The molecule has 0 unspecified atom stereocenters. The summed E-state index contributed by atoms with van der Waals surface area (Å²) in [5.41, 5.74) is 0.470. The van der Waals surface area contributed by atoms with Gasteiger partial charge in [0.1, 0.15) is 6.26 Å². The van der Waals surface area contributed by atoms with E-state index >= 15 is 0 Å². The molecule has 0 bridgehead atoms. The van der Waals surface area contributed by atoms with Crippen molar-refractivity contribution in [2.75, 3.05) is 6.54 Å². The molecule has 0 radical (unpaired) electrons. The second kappa shape index (κ2) is 8.15. The molecule has 2 amide bonds. The lowest BCUT2D eigenvalue weighted by Crippen LogP contribution is -2.35. The zero-order valence-electron chi connectivity index (χ0n) is 13.5. The largest absolute Gasteiger partial charge is 0.472 e. The minimum Gasteiger partial charge on any atom is -0.472 e. The van der Waals surface area contributed by atoms with E-state index < -0.39 is 0 Å². The molecule has 1 fully saturated rings. The van der Waals surface area contributed by atoms with Crippen LogP contribution in [0.25, 0.3) is 0 Å². The number of hydrogen-bond acceptors (Lipinski definition) is 4. The Hall–Kier alpha value is -2.08. The predicted octanol–water partition coefficient (Wildman–Crippen LogP) is 3.51. The molecule has 0 saturated heterocycles. The Labute approximate surface area is 145 Å². The zero-order valence-corrected chi connectivity index (χ0v) is 14.3. The summed E-state index contributed by atoms with van der Waals surface area (Å²) in [4.78, 5) is 25.3. The Morgan fingerprint density at radius 2 is 2.12 bits per heavy atom. The molecule has 0 aromatic carbocycles. The molecular formula is C18H22N2O3S. The van der Waals surface area contributed by atoms with E-state index in [2.05, 4.69) is 22.1 Å². The molecule has 24 heavy (non-hydrogen) atoms. The maximum Gasteiger partial charge on any atom is 0.254 e. The van der Waals surface area contributed by atoms with Crippen LogP contribution in [-0.4, -0.2) is 18.4 Å². The van der Waals surface area contributed by atoms with Gasteiger partial charge in [-0.15, -0.1) is 11.3 Å². The van der Waals surface area contributed by atoms with Crippen molar-refractivity contribution in [3.63, 3.8) is 0 Å². The third-order valence-corrected chi connectivity index (χ3v) is 5.41. The first-order chi connectivity index (χ1) is 11.7. The Balaban J connectivity index is 1.49. The normalized spacial score (nSPS) is 16.0. The number of nitrogens with one attached hydrogen (secondary N) is 2. The van der Waals surface area contributed by atoms with E-state index in [1.54, 1.807) is 17.4 Å². The topological polar surface area (TPSA) is 71.3 Å². The zero-order chi connectivity index (χ0) is 16.8. The second-order valence-corrected chi connectivity index (χ2v) is 7.10. The minimum atomic E-state index is -0.220. The number of furan rings is 1. The van der Waals surface area contributed by atoms with Crippen LogP contribution in [0.5, 0.6) is 0 Å². The van der Waals surface area contributed by atoms with Crippen molar-refractivity contribution in [1.82, 2.24) is 10.6 Å². The van der Waals surface area contributed by atoms with Crippen LogP contribution in [-0.2, 0) is 4.79 Å². The quantitative estimate of drug-likeness (QED) is 0.806. The van der Waals surface area contributed by atoms with E-state index in [-0.39, 0.29) is 24.3 Å². The van der Waals surface area contributed by atoms with Crippen LogP contribution in [0, 0.1) is 5.92 Å². The maximum absolute atomic E-state index is 12.3. The summed E-state index contributed by atoms with van der Waals surface area (Å²) in [6, 6.07) is 5.82. The first kappa shape index (κ1) is 16.8. The predicted molar refractivity (Wildman–Crippen MR) is 92.8 cm³/mol. The second-order valence-electron chi connectivity index (χ2n) is 6.12. The van der Waals surface area contributed by atoms with E-state index in [1.807, 2.05) is 6.07 Å². The molecule has 0 aliphatic heterocycles. The van der Waals surface area contributed by atoms with Crippen LogP contribution in [0.1, 0.15) is 53.4 Å². The van der Waals surface area contributed by atoms with E-state index in [4.69, 9.17) is 4.42 Å². The maximum atomic E-state index is 12.3. The van der Waals surface area contributed by atoms with Gasteiger partial charge in [-0.2, -0.15) is 0 Å². The van der Waals surface area contributed by atoms with Crippen molar-refractivity contribution in [2.24, 2.45) is 5.92 Å². The molecule has 128 valence electrons. The van der Waals surface area contributed by atoms with Gasteiger partial charge in [0.2, 0.25) is 5.91 Å². The van der Waals surface area contributed by atoms with Crippen LogP contribution in [0.15, 0.2) is 40.5 Å². The highest BCUT2D eigenvalue weighted by Crippen LogP contribution is 2.37. The summed E-state index contributed by atoms with van der Waals surface area (Å²) in [7, 11) is 0. The monoisotopic (exact) mass is 346 g/mol. The lowest BCUT2D eigenvalue weighted by atomic mass is 9.96. The van der Waals surface area contributed by atoms with Crippen molar-refractivity contribution in [1.29, 1.82) is 0 Å². The van der Waals surface area contributed by atoms with E-state index in [1.165, 1.54) is 43.1 Å². The average Bonchev–Trinajstić information content (AvgIpc) is 3.36. The number of hydrogen-bond donors (Lipinski definition) is 2. The fourth-order valence-corrected chi connectivity index (χ4v) is 4.08. The Bertz CT molecular complexity index is 646. The van der Waals surface area contributed by atoms with Gasteiger partial charge in [0, 0.05) is 17.8 Å². The van der Waals surface area contributed by atoms with Crippen molar-refractivity contribution in [3.8, 4) is 0 Å². The summed E-state index contributed by atoms with van der Waals surface area (Å²) in [6.07, 6.45) is 7.93. The molecule has 3 rings (SSSR count). The Kier molecular flexibility index (Phi) is 5.69. The van der Waals surface area contributed by atoms with Gasteiger partial charge in [0.05, 0.1) is 17.9 Å². The molecule has 6 heteroatoms. The SMILES string of the molecule is O=C(CCNC(=O)c1ccoc1)N[C@@H](c1cccs1)C1CCCC1. The van der Waals surface area contributed by atoms with Gasteiger partial charge in [0.15, 0.2) is 0 Å². The van der Waals surface area contributed by atoms with Crippen molar-refractivity contribution < 1.29 is 14.0 Å². The van der Waals surface area contributed by atoms with Gasteiger partial charge in [-0.25, -0.2) is 0 Å². The average molecular weight is 346 g/mol. The number of carbonyl (C=O) groups excluding carboxylic acids is 2. The van der Waals surface area contributed by atoms with Crippen LogP contribution >= 0.6 is 11.3 Å². The van der Waals surface area contributed by atoms with Crippen LogP contribution in [0.4, 0.5) is 0 Å². The van der Waals surface area contributed by atoms with E-state index in [0.717, 1.165) is 0 Å². The summed E-state index contributed by atoms with van der Waals surface area (Å²) >= 11 is 1.69. The molecule has 1 atom stereocenters. The first-order valence-corrected chi connectivity index (χ1v) is 9.25. The molecule has 2 N–H and O–H groups in total. The fraction of sp³-hybridized carbons (Fsp3) is 0.444. The van der Waals surface area contributed by atoms with Gasteiger partial charge in [-0.1, -0.05) is 18.9 Å². The lowest BCUT2D eigenvalue weighted by Gasteiger charge is -2.23. The Morgan fingerprint density at radius 1 is 1.29 bits per heavy atom. The molecule has 0 spiro atoms. The van der Waals surface area contributed by atoms with Crippen molar-refractivity contribution >= 4 is 23.2 Å². The molecular weight excluding hydrogens is 324 g/mol. The smallest absolute Gasteiger partial charge is 0.254 e. The Morgan fingerprint density at radius 3 is 2.79 bits per heavy atom. The highest BCUT2D eigenvalue weighted by molar-refractivity contribution is 7.10. The third-order valence-electron chi connectivity index (χ3n) is 4.46. The molecule has 1 aliphatic rings. The van der Waals surface area contributed by atoms with E-state index in [9.17, 15) is 9.59 Å². The highest BCUT2D eigenvalue weighted by atomic mass is 32.1. The van der Waals surface area contributed by atoms with E-state index in [0.29, 0.717) is 18.0 Å². The van der Waals surface area contributed by atoms with Crippen molar-refractivity contribution in [2.45, 2.75) is 38.1 Å². The van der Waals surface area contributed by atoms with Crippen LogP contribution < -0.4 is 10.6 Å². The van der Waals surface area contributed by atoms with Gasteiger partial charge < -0.3 is 15.1 Å². The minimum absolute atomic E-state index is 0.0206. The molecule has 2 aromatic heterocycles. The molecule has 5 nitrogen and oxygen atoms in total. The molecule has 2 heterocycles. The van der Waals surface area contributed by atoms with Gasteiger partial charge in [0.25, 0.3) is 5.91 Å². The van der Waals surface area contributed by atoms with Gasteiger partial charge >= 0.3 is 0 Å². The number of thiophene rings is 1. The molecule has 1 aliphatic carbocycles. The summed E-state index contributed by atoms with van der Waals surface area (Å²) in [5, 5.41) is 7.96. The number of carbonyl (C=O) groups is 2. The molecule has 2 aromatic rings. The van der Waals surface area contributed by atoms with Crippen molar-refractivity contribution in [3.05, 3.63) is 46.5 Å². The first-order valence-electron chi connectivity index (χ1n) is 8.37. The summed E-state index contributed by atoms with van der Waals surface area (Å²) < 4.78 is 4.88. The fourth-order valence-electron chi connectivity index (χ4n) is 3.21. The standard InChI is InChI=1S/C18H22N2O3S/c21-16(7-9-19-18(22)14-8-10-23-12-14)20-17(13-4-1-2-5-13)15-6-3-11-24-15/h3,6,8,10-13,17H,1-2,4-5,7,9H2,(H,19,22)(H,20,21)/t17-/m1/s1. The third kappa shape index (κ3) is 4.26. The van der Waals surface area contributed by atoms with Gasteiger partial charge in [-0.3, -0.25) is 9.59 Å². The number of amides is 2. The summed E-state index contributed by atoms with van der Waals surface area (Å²) in [6.45, 7) is 0.317. The highest BCUT2D eigenvalue weighted by Gasteiger charge is 2.28. The molecule has 1 saturated carbocycles. The van der Waals surface area contributed by atoms with Crippen LogP contribution in [0.3, 0.4) is 0 Å². The van der Waals surface area contributed by atoms with Crippen LogP contribution in [0.2, 0.25) is 0 Å². The number of rotatable bonds is 7. The van der Waals surface area contributed by atoms with Gasteiger partial charge in [-0.05, 0) is 36.3 Å². The summed E-state index contributed by atoms with van der Waals surface area (Å²) in [5.74, 6) is 0.281. The lowest BCUT2D eigenvalue weighted by molar-refractivity contribution is -0.122.